The molecule has 8 heteroatoms. The Morgan fingerprint density at radius 2 is 1.85 bits per heavy atom. The van der Waals surface area contributed by atoms with Crippen LogP contribution in [-0.2, 0) is 7.05 Å². The number of nitrogens with zero attached hydrogens (tertiary/aromatic N) is 4. The summed E-state index contributed by atoms with van der Waals surface area (Å²) in [5, 5.41) is 0. The Morgan fingerprint density at radius 3 is 2.55 bits per heavy atom. The summed E-state index contributed by atoms with van der Waals surface area (Å²) in [6, 6.07) is 17.7. The molecular weight excluding hydrogens is 420 g/mol. The highest BCUT2D eigenvalue weighted by molar-refractivity contribution is 5.91. The Labute approximate surface area is 190 Å². The minimum absolute atomic E-state index is 0.228. The molecule has 0 aliphatic carbocycles. The van der Waals surface area contributed by atoms with Crippen molar-refractivity contribution in [2.75, 3.05) is 7.11 Å². The number of rotatable bonds is 6. The molecule has 8 nitrogen and oxygen atoms in total. The summed E-state index contributed by atoms with van der Waals surface area (Å²) in [5.41, 5.74) is 2.53. The topological polar surface area (TPSA) is 87.7 Å². The van der Waals surface area contributed by atoms with Crippen LogP contribution >= 0.6 is 0 Å². The third-order valence-corrected chi connectivity index (χ3v) is 5.15. The summed E-state index contributed by atoms with van der Waals surface area (Å²) in [6.45, 7) is 1.84. The minimum atomic E-state index is -0.555. The zero-order chi connectivity index (χ0) is 23.4. The lowest BCUT2D eigenvalue weighted by Crippen LogP contribution is -2.19. The number of benzene rings is 2. The highest BCUT2D eigenvalue weighted by atomic mass is 16.6. The van der Waals surface area contributed by atoms with Crippen LogP contribution in [0.5, 0.6) is 11.5 Å². The fourth-order valence-electron chi connectivity index (χ4n) is 3.34. The summed E-state index contributed by atoms with van der Waals surface area (Å²) < 4.78 is 14.2. The highest BCUT2D eigenvalue weighted by Gasteiger charge is 2.16. The van der Waals surface area contributed by atoms with E-state index in [2.05, 4.69) is 9.98 Å². The van der Waals surface area contributed by atoms with Gasteiger partial charge in [0.1, 0.15) is 0 Å². The van der Waals surface area contributed by atoms with E-state index in [1.54, 1.807) is 52.1 Å². The van der Waals surface area contributed by atoms with Gasteiger partial charge in [-0.05, 0) is 55.0 Å². The first kappa shape index (κ1) is 21.8. The van der Waals surface area contributed by atoms with Gasteiger partial charge in [-0.2, -0.15) is 0 Å². The quantitative estimate of drug-likeness (QED) is 0.257. The largest absolute Gasteiger partial charge is 0.493 e. The molecule has 0 bridgehead atoms. The van der Waals surface area contributed by atoms with Gasteiger partial charge in [-0.15, -0.1) is 0 Å². The molecule has 2 heterocycles. The molecule has 0 aliphatic rings. The lowest BCUT2D eigenvalue weighted by atomic mass is 10.2. The first-order valence-electron chi connectivity index (χ1n) is 10.2. The van der Waals surface area contributed by atoms with Gasteiger partial charge < -0.3 is 9.47 Å². The SMILES string of the molecule is COc1ccc(C=Nc2c(C)n(C)n(-c3ccccc3)c2=O)cc1OC(=O)c1cccnc1. The zero-order valence-corrected chi connectivity index (χ0v) is 18.4. The van der Waals surface area contributed by atoms with E-state index in [-0.39, 0.29) is 11.3 Å². The van der Waals surface area contributed by atoms with Crippen molar-refractivity contribution in [1.82, 2.24) is 14.3 Å². The summed E-state index contributed by atoms with van der Waals surface area (Å²) in [7, 11) is 3.30. The average Bonchev–Trinajstić information content (AvgIpc) is 3.06. The predicted octanol–water partition coefficient (Wildman–Crippen LogP) is 3.86. The Balaban J connectivity index is 1.65. The number of hydrogen-bond donors (Lipinski definition) is 0. The summed E-state index contributed by atoms with van der Waals surface area (Å²) in [6.07, 6.45) is 4.56. The number of para-hydroxylation sites is 1. The molecular formula is C25H22N4O4. The molecule has 2 aromatic carbocycles. The number of methoxy groups -OCH3 is 1. The second-order valence-corrected chi connectivity index (χ2v) is 7.21. The fourth-order valence-corrected chi connectivity index (χ4v) is 3.34. The molecule has 0 saturated heterocycles. The Bertz CT molecular complexity index is 1370. The zero-order valence-electron chi connectivity index (χ0n) is 18.4. The average molecular weight is 442 g/mol. The van der Waals surface area contributed by atoms with Crippen LogP contribution in [0.1, 0.15) is 21.6 Å². The minimum Gasteiger partial charge on any atom is -0.493 e. The van der Waals surface area contributed by atoms with Crippen molar-refractivity contribution in [3.05, 3.63) is 100 Å². The number of carbonyl (C=O) groups is 1. The van der Waals surface area contributed by atoms with E-state index in [9.17, 15) is 9.59 Å². The predicted molar refractivity (Wildman–Crippen MR) is 125 cm³/mol. The van der Waals surface area contributed by atoms with Gasteiger partial charge in [0.05, 0.1) is 24.1 Å². The molecule has 0 N–H and O–H groups in total. The van der Waals surface area contributed by atoms with Gasteiger partial charge in [-0.3, -0.25) is 14.5 Å². The van der Waals surface area contributed by atoms with E-state index in [0.29, 0.717) is 22.6 Å². The van der Waals surface area contributed by atoms with Crippen LogP contribution in [0.2, 0.25) is 0 Å². The molecule has 4 aromatic rings. The smallest absolute Gasteiger partial charge is 0.345 e. The monoisotopic (exact) mass is 442 g/mol. The van der Waals surface area contributed by atoms with Crippen LogP contribution in [0.3, 0.4) is 0 Å². The number of aromatic nitrogens is 3. The van der Waals surface area contributed by atoms with Gasteiger partial charge in [0.15, 0.2) is 17.2 Å². The fraction of sp³-hybridized carbons (Fsp3) is 0.120. The molecule has 0 saturated carbocycles. The van der Waals surface area contributed by atoms with Crippen LogP contribution < -0.4 is 15.0 Å². The second kappa shape index (κ2) is 9.35. The maximum Gasteiger partial charge on any atom is 0.345 e. The van der Waals surface area contributed by atoms with Gasteiger partial charge >= 0.3 is 5.97 Å². The Kier molecular flexibility index (Phi) is 6.17. The van der Waals surface area contributed by atoms with Crippen molar-refractivity contribution < 1.29 is 14.3 Å². The first-order valence-corrected chi connectivity index (χ1v) is 10.2. The lowest BCUT2D eigenvalue weighted by molar-refractivity contribution is 0.0729. The summed E-state index contributed by atoms with van der Waals surface area (Å²) >= 11 is 0. The number of aliphatic imine (C=N–C) groups is 1. The van der Waals surface area contributed by atoms with E-state index in [4.69, 9.17) is 9.47 Å². The Morgan fingerprint density at radius 1 is 1.06 bits per heavy atom. The third kappa shape index (κ3) is 4.45. The molecule has 0 fully saturated rings. The van der Waals surface area contributed by atoms with E-state index < -0.39 is 5.97 Å². The van der Waals surface area contributed by atoms with Crippen molar-refractivity contribution in [2.24, 2.45) is 12.0 Å². The van der Waals surface area contributed by atoms with Crippen molar-refractivity contribution in [2.45, 2.75) is 6.92 Å². The lowest BCUT2D eigenvalue weighted by Gasteiger charge is -2.09. The molecule has 0 aliphatic heterocycles. The normalized spacial score (nSPS) is 11.0. The highest BCUT2D eigenvalue weighted by Crippen LogP contribution is 2.28. The van der Waals surface area contributed by atoms with E-state index in [0.717, 1.165) is 11.4 Å². The molecule has 166 valence electrons. The van der Waals surface area contributed by atoms with Crippen LogP contribution in [0.25, 0.3) is 5.69 Å². The number of pyridine rings is 1. The Hall–Kier alpha value is -4.46. The molecule has 4 rings (SSSR count). The number of carbonyl (C=O) groups excluding carboxylic acids is 1. The molecule has 2 aromatic heterocycles. The third-order valence-electron chi connectivity index (χ3n) is 5.15. The number of ether oxygens (including phenoxy) is 2. The van der Waals surface area contributed by atoms with Gasteiger partial charge in [0.25, 0.3) is 5.56 Å². The molecule has 0 amide bonds. The van der Waals surface area contributed by atoms with Crippen molar-refractivity contribution in [3.8, 4) is 17.2 Å². The van der Waals surface area contributed by atoms with Crippen LogP contribution in [0.15, 0.2) is 82.8 Å². The van der Waals surface area contributed by atoms with Crippen LogP contribution in [0, 0.1) is 6.92 Å². The molecule has 0 atom stereocenters. The van der Waals surface area contributed by atoms with Crippen molar-refractivity contribution in [3.63, 3.8) is 0 Å². The molecule has 0 spiro atoms. The van der Waals surface area contributed by atoms with Crippen LogP contribution in [0.4, 0.5) is 5.69 Å². The van der Waals surface area contributed by atoms with Crippen molar-refractivity contribution in [1.29, 1.82) is 0 Å². The van der Waals surface area contributed by atoms with Crippen LogP contribution in [-0.4, -0.2) is 33.6 Å². The van der Waals surface area contributed by atoms with E-state index in [1.165, 1.54) is 13.3 Å². The van der Waals surface area contributed by atoms with Crippen molar-refractivity contribution >= 4 is 17.9 Å². The van der Waals surface area contributed by atoms with Gasteiger partial charge in [0.2, 0.25) is 0 Å². The van der Waals surface area contributed by atoms with Gasteiger partial charge in [-0.25, -0.2) is 14.5 Å². The first-order chi connectivity index (χ1) is 16.0. The maximum absolute atomic E-state index is 13.0. The number of esters is 1. The van der Waals surface area contributed by atoms with Gasteiger partial charge in [-0.1, -0.05) is 18.2 Å². The standard InChI is InChI=1S/C25H22N4O4/c1-17-23(24(30)29(28(17)2)20-9-5-4-6-10-20)27-15-18-11-12-21(32-3)22(14-18)33-25(31)19-8-7-13-26-16-19/h4-16H,1-3H3. The number of hydrogen-bond acceptors (Lipinski definition) is 6. The van der Waals surface area contributed by atoms with E-state index >= 15 is 0 Å². The molecule has 0 radical (unpaired) electrons. The summed E-state index contributed by atoms with van der Waals surface area (Å²) in [5.74, 6) is 0.0774. The van der Waals surface area contributed by atoms with E-state index in [1.807, 2.05) is 44.3 Å². The summed E-state index contributed by atoms with van der Waals surface area (Å²) in [4.78, 5) is 33.9. The second-order valence-electron chi connectivity index (χ2n) is 7.21. The van der Waals surface area contributed by atoms with Gasteiger partial charge in [0, 0.05) is 25.7 Å². The molecule has 33 heavy (non-hydrogen) atoms. The molecule has 0 unspecified atom stereocenters. The maximum atomic E-state index is 13.0.